The maximum Gasteiger partial charge on any atom is 0.237 e. The third-order valence-corrected chi connectivity index (χ3v) is 3.06. The van der Waals surface area contributed by atoms with Crippen LogP contribution in [0.4, 0.5) is 0 Å². The van der Waals surface area contributed by atoms with Gasteiger partial charge in [-0.15, -0.1) is 12.4 Å². The van der Waals surface area contributed by atoms with Crippen LogP contribution in [0.1, 0.15) is 38.5 Å². The van der Waals surface area contributed by atoms with Gasteiger partial charge in [0, 0.05) is 6.54 Å². The molecule has 1 unspecified atom stereocenters. The average molecular weight is 294 g/mol. The molecule has 1 atom stereocenters. The lowest BCUT2D eigenvalue weighted by Crippen LogP contribution is -2.44. The average Bonchev–Trinajstić information content (AvgIpc) is 2.34. The summed E-state index contributed by atoms with van der Waals surface area (Å²) in [6, 6.07) is -0.864. The minimum atomic E-state index is -0.864. The van der Waals surface area contributed by atoms with E-state index in [2.05, 4.69) is 5.32 Å². The predicted octanol–water partition coefficient (Wildman–Crippen LogP) is 0.0764. The summed E-state index contributed by atoms with van der Waals surface area (Å²) >= 11 is 0. The van der Waals surface area contributed by atoms with Crippen molar-refractivity contribution in [3.63, 3.8) is 0 Å². The molecule has 0 saturated heterocycles. The molecule has 5 N–H and O–H groups in total. The van der Waals surface area contributed by atoms with Crippen LogP contribution in [0.3, 0.4) is 0 Å². The molecular formula is C12H24ClN3O3. The van der Waals surface area contributed by atoms with Crippen LogP contribution in [0.25, 0.3) is 0 Å². The lowest BCUT2D eigenvalue weighted by Gasteiger charge is -2.22. The normalized spacial score (nSPS) is 17.3. The van der Waals surface area contributed by atoms with Gasteiger partial charge in [-0.25, -0.2) is 0 Å². The number of nitrogens with two attached hydrogens (primary N) is 2. The molecule has 1 aliphatic carbocycles. The summed E-state index contributed by atoms with van der Waals surface area (Å²) in [5.41, 5.74) is 10.4. The predicted molar refractivity (Wildman–Crippen MR) is 74.9 cm³/mol. The Labute approximate surface area is 120 Å². The molecule has 1 aliphatic rings. The van der Waals surface area contributed by atoms with Gasteiger partial charge in [0.1, 0.15) is 0 Å². The maximum atomic E-state index is 11.4. The molecule has 6 nitrogen and oxygen atoms in total. The van der Waals surface area contributed by atoms with E-state index < -0.39 is 11.9 Å². The number of ether oxygens (including phenoxy) is 1. The van der Waals surface area contributed by atoms with E-state index in [1.165, 1.54) is 19.3 Å². The molecule has 0 aromatic carbocycles. The van der Waals surface area contributed by atoms with Crippen LogP contribution >= 0.6 is 12.4 Å². The second kappa shape index (κ2) is 10.00. The van der Waals surface area contributed by atoms with Crippen LogP contribution in [-0.4, -0.2) is 37.1 Å². The zero-order valence-corrected chi connectivity index (χ0v) is 11.9. The fraction of sp³-hybridized carbons (Fsp3) is 0.833. The zero-order chi connectivity index (χ0) is 13.4. The standard InChI is InChI=1S/C12H23N3O3.ClH/c13-10(8-11(14)16)12(17)15-6-7-18-9-4-2-1-3-5-9;/h9-10H,1-8,13H2,(H2,14,16)(H,15,17);1H. The smallest absolute Gasteiger partial charge is 0.237 e. The number of carbonyl (C=O) groups excluding carboxylic acids is 2. The van der Waals surface area contributed by atoms with Crippen LogP contribution in [0.5, 0.6) is 0 Å². The monoisotopic (exact) mass is 293 g/mol. The maximum absolute atomic E-state index is 11.4. The molecule has 7 heteroatoms. The Morgan fingerprint density at radius 3 is 2.47 bits per heavy atom. The molecule has 0 aliphatic heterocycles. The number of hydrogen-bond donors (Lipinski definition) is 3. The van der Waals surface area contributed by atoms with Crippen molar-refractivity contribution < 1.29 is 14.3 Å². The molecule has 0 radical (unpaired) electrons. The molecule has 0 spiro atoms. The first-order chi connectivity index (χ1) is 8.59. The summed E-state index contributed by atoms with van der Waals surface area (Å²) in [7, 11) is 0. The third kappa shape index (κ3) is 8.02. The van der Waals surface area contributed by atoms with Crippen molar-refractivity contribution in [3.05, 3.63) is 0 Å². The molecule has 1 fully saturated rings. The molecule has 0 heterocycles. The van der Waals surface area contributed by atoms with E-state index in [0.717, 1.165) is 12.8 Å². The highest BCUT2D eigenvalue weighted by molar-refractivity contribution is 5.87. The van der Waals surface area contributed by atoms with E-state index in [1.807, 2.05) is 0 Å². The summed E-state index contributed by atoms with van der Waals surface area (Å²) in [4.78, 5) is 22.0. The molecule has 2 amide bonds. The van der Waals surface area contributed by atoms with E-state index in [-0.39, 0.29) is 24.7 Å². The Morgan fingerprint density at radius 2 is 1.89 bits per heavy atom. The second-order valence-corrected chi connectivity index (χ2v) is 4.70. The van der Waals surface area contributed by atoms with Crippen molar-refractivity contribution in [1.29, 1.82) is 0 Å². The van der Waals surface area contributed by atoms with Gasteiger partial charge in [-0.2, -0.15) is 0 Å². The van der Waals surface area contributed by atoms with Gasteiger partial charge < -0.3 is 21.5 Å². The summed E-state index contributed by atoms with van der Waals surface area (Å²) < 4.78 is 5.65. The fourth-order valence-electron chi connectivity index (χ4n) is 2.07. The van der Waals surface area contributed by atoms with Crippen LogP contribution in [-0.2, 0) is 14.3 Å². The first kappa shape index (κ1) is 18.1. The highest BCUT2D eigenvalue weighted by Crippen LogP contribution is 2.19. The van der Waals surface area contributed by atoms with Gasteiger partial charge in [-0.3, -0.25) is 9.59 Å². The highest BCUT2D eigenvalue weighted by atomic mass is 35.5. The van der Waals surface area contributed by atoms with Gasteiger partial charge in [0.15, 0.2) is 0 Å². The first-order valence-electron chi connectivity index (χ1n) is 6.53. The van der Waals surface area contributed by atoms with Crippen molar-refractivity contribution in [2.75, 3.05) is 13.2 Å². The summed E-state index contributed by atoms with van der Waals surface area (Å²) in [5, 5.41) is 2.63. The van der Waals surface area contributed by atoms with E-state index in [1.54, 1.807) is 0 Å². The molecular weight excluding hydrogens is 270 g/mol. The Kier molecular flexibility index (Phi) is 9.55. The number of hydrogen-bond acceptors (Lipinski definition) is 4. The second-order valence-electron chi connectivity index (χ2n) is 4.70. The SMILES string of the molecule is Cl.NC(=O)CC(N)C(=O)NCCOC1CCCCC1. The molecule has 1 rings (SSSR count). The quantitative estimate of drug-likeness (QED) is 0.578. The molecule has 1 saturated carbocycles. The van der Waals surface area contributed by atoms with E-state index >= 15 is 0 Å². The molecule has 0 aromatic rings. The molecule has 0 bridgehead atoms. The molecule has 112 valence electrons. The lowest BCUT2D eigenvalue weighted by atomic mass is 9.98. The van der Waals surface area contributed by atoms with E-state index in [4.69, 9.17) is 16.2 Å². The van der Waals surface area contributed by atoms with Gasteiger partial charge in [-0.1, -0.05) is 19.3 Å². The van der Waals surface area contributed by atoms with Gasteiger partial charge >= 0.3 is 0 Å². The summed E-state index contributed by atoms with van der Waals surface area (Å²) in [5.74, 6) is -0.933. The van der Waals surface area contributed by atoms with Gasteiger partial charge in [0.2, 0.25) is 11.8 Å². The van der Waals surface area contributed by atoms with Crippen molar-refractivity contribution in [2.45, 2.75) is 50.7 Å². The van der Waals surface area contributed by atoms with Crippen LogP contribution < -0.4 is 16.8 Å². The molecule has 19 heavy (non-hydrogen) atoms. The lowest BCUT2D eigenvalue weighted by molar-refractivity contribution is -0.126. The Bertz CT molecular complexity index is 283. The largest absolute Gasteiger partial charge is 0.376 e. The van der Waals surface area contributed by atoms with E-state index in [0.29, 0.717) is 19.3 Å². The van der Waals surface area contributed by atoms with Gasteiger partial charge in [0.05, 0.1) is 25.2 Å². The van der Waals surface area contributed by atoms with Crippen molar-refractivity contribution in [1.82, 2.24) is 5.32 Å². The van der Waals surface area contributed by atoms with Gasteiger partial charge in [-0.05, 0) is 12.8 Å². The van der Waals surface area contributed by atoms with Crippen molar-refractivity contribution >= 4 is 24.2 Å². The number of nitrogens with one attached hydrogen (secondary N) is 1. The van der Waals surface area contributed by atoms with Crippen LogP contribution in [0.15, 0.2) is 0 Å². The third-order valence-electron chi connectivity index (χ3n) is 3.06. The van der Waals surface area contributed by atoms with Crippen LogP contribution in [0.2, 0.25) is 0 Å². The fourth-order valence-corrected chi connectivity index (χ4v) is 2.07. The number of carbonyl (C=O) groups is 2. The highest BCUT2D eigenvalue weighted by Gasteiger charge is 2.16. The summed E-state index contributed by atoms with van der Waals surface area (Å²) in [6.45, 7) is 0.904. The molecule has 0 aromatic heterocycles. The summed E-state index contributed by atoms with van der Waals surface area (Å²) in [6.07, 6.45) is 6.15. The first-order valence-corrected chi connectivity index (χ1v) is 6.53. The minimum Gasteiger partial charge on any atom is -0.376 e. The van der Waals surface area contributed by atoms with Crippen LogP contribution in [0, 0.1) is 0 Å². The Morgan fingerprint density at radius 1 is 1.26 bits per heavy atom. The van der Waals surface area contributed by atoms with Gasteiger partial charge in [0.25, 0.3) is 0 Å². The van der Waals surface area contributed by atoms with Crippen molar-refractivity contribution in [2.24, 2.45) is 11.5 Å². The number of halogens is 1. The number of amides is 2. The Hall–Kier alpha value is -0.850. The topological polar surface area (TPSA) is 107 Å². The van der Waals surface area contributed by atoms with Crippen molar-refractivity contribution in [3.8, 4) is 0 Å². The Balaban J connectivity index is 0.00000324. The van der Waals surface area contributed by atoms with E-state index in [9.17, 15) is 9.59 Å². The number of primary amides is 1. The number of rotatable bonds is 7. The minimum absolute atomic E-state index is 0. The zero-order valence-electron chi connectivity index (χ0n) is 11.1.